The Kier molecular flexibility index (Phi) is 3.74. The number of benzene rings is 1. The van der Waals surface area contributed by atoms with Crippen molar-refractivity contribution in [1.29, 1.82) is 10.5 Å². The van der Waals surface area contributed by atoms with Gasteiger partial charge in [-0.2, -0.15) is 10.5 Å². The monoisotopic (exact) mass is 212 g/mol. The van der Waals surface area contributed by atoms with Crippen molar-refractivity contribution in [3.05, 3.63) is 42.0 Å². The molecule has 0 saturated heterocycles. The van der Waals surface area contributed by atoms with E-state index in [-0.39, 0.29) is 0 Å². The van der Waals surface area contributed by atoms with Crippen LogP contribution in [0.15, 0.2) is 30.2 Å². The molecule has 15 heavy (non-hydrogen) atoms. The maximum atomic E-state index is 8.89. The van der Waals surface area contributed by atoms with E-state index in [2.05, 4.69) is 19.2 Å². The quantitative estimate of drug-likeness (QED) is 0.569. The van der Waals surface area contributed by atoms with Crippen molar-refractivity contribution in [2.75, 3.05) is 0 Å². The molecule has 0 aliphatic heterocycles. The molecule has 2 nitrogen and oxygen atoms in total. The van der Waals surface area contributed by atoms with Gasteiger partial charge in [0.2, 0.25) is 0 Å². The first-order valence-electron chi connectivity index (χ1n) is 4.16. The van der Waals surface area contributed by atoms with E-state index in [1.807, 2.05) is 5.40 Å². The van der Waals surface area contributed by atoms with E-state index in [9.17, 15) is 0 Å². The molecule has 0 saturated carbocycles. The topological polar surface area (TPSA) is 47.6 Å². The summed E-state index contributed by atoms with van der Waals surface area (Å²) in [6.07, 6.45) is 3.24. The van der Waals surface area contributed by atoms with Gasteiger partial charge in [-0.15, -0.1) is 0 Å². The lowest BCUT2D eigenvalue weighted by molar-refractivity contribution is 1.37. The molecular weight excluding hydrogens is 204 g/mol. The highest BCUT2D eigenvalue weighted by molar-refractivity contribution is 8.03. The zero-order valence-electron chi connectivity index (χ0n) is 8.03. The molecule has 0 unspecified atom stereocenters. The molecule has 0 atom stereocenters. The van der Waals surface area contributed by atoms with Gasteiger partial charge >= 0.3 is 0 Å². The number of hydrogen-bond acceptors (Lipinski definition) is 3. The lowest BCUT2D eigenvalue weighted by Gasteiger charge is -2.07. The van der Waals surface area contributed by atoms with Gasteiger partial charge in [0.15, 0.2) is 0 Å². The van der Waals surface area contributed by atoms with Gasteiger partial charge in [-0.25, -0.2) is 0 Å². The molecule has 1 rings (SSSR count). The van der Waals surface area contributed by atoms with Crippen LogP contribution in [0.5, 0.6) is 0 Å². The van der Waals surface area contributed by atoms with Gasteiger partial charge in [0, 0.05) is 4.90 Å². The molecule has 0 spiro atoms. The summed E-state index contributed by atoms with van der Waals surface area (Å²) >= 11 is 1.05. The average Bonchev–Trinajstić information content (AvgIpc) is 2.28. The SMILES string of the molecule is C=Cc1c(C#N)ccc(SC#N)c1C=C. The Bertz CT molecular complexity index is 490. The molecule has 0 heterocycles. The molecule has 0 fully saturated rings. The maximum Gasteiger partial charge on any atom is 0.138 e. The van der Waals surface area contributed by atoms with Crippen LogP contribution >= 0.6 is 11.8 Å². The Balaban J connectivity index is 3.50. The molecule has 3 heteroatoms. The maximum absolute atomic E-state index is 8.89. The van der Waals surface area contributed by atoms with Crippen molar-refractivity contribution >= 4 is 23.9 Å². The van der Waals surface area contributed by atoms with Crippen LogP contribution in [0.1, 0.15) is 16.7 Å². The van der Waals surface area contributed by atoms with Crippen LogP contribution in [0.3, 0.4) is 0 Å². The van der Waals surface area contributed by atoms with Crippen molar-refractivity contribution in [3.8, 4) is 11.5 Å². The van der Waals surface area contributed by atoms with E-state index in [1.54, 1.807) is 24.3 Å². The van der Waals surface area contributed by atoms with Crippen LogP contribution < -0.4 is 0 Å². The van der Waals surface area contributed by atoms with E-state index in [4.69, 9.17) is 10.5 Å². The fourth-order valence-corrected chi connectivity index (χ4v) is 1.82. The predicted octanol–water partition coefficient (Wildman–Crippen LogP) is 3.42. The number of thiocyanates is 1. The van der Waals surface area contributed by atoms with E-state index in [0.717, 1.165) is 27.8 Å². The lowest BCUT2D eigenvalue weighted by atomic mass is 10.0. The molecule has 0 N–H and O–H groups in total. The zero-order chi connectivity index (χ0) is 11.3. The van der Waals surface area contributed by atoms with Crippen LogP contribution in [0.25, 0.3) is 12.2 Å². The first kappa shape index (κ1) is 11.1. The van der Waals surface area contributed by atoms with E-state index in [1.165, 1.54) is 0 Å². The van der Waals surface area contributed by atoms with Gasteiger partial charge < -0.3 is 0 Å². The fourth-order valence-electron chi connectivity index (χ4n) is 1.28. The summed E-state index contributed by atoms with van der Waals surface area (Å²) in [5.41, 5.74) is 2.06. The van der Waals surface area contributed by atoms with Crippen molar-refractivity contribution in [2.45, 2.75) is 4.90 Å². The third-order valence-electron chi connectivity index (χ3n) is 1.93. The van der Waals surface area contributed by atoms with Crippen molar-refractivity contribution in [1.82, 2.24) is 0 Å². The minimum absolute atomic E-state index is 0.544. The smallest absolute Gasteiger partial charge is 0.138 e. The average molecular weight is 212 g/mol. The third-order valence-corrected chi connectivity index (χ3v) is 2.60. The predicted molar refractivity (Wildman–Crippen MR) is 62.8 cm³/mol. The lowest BCUT2D eigenvalue weighted by Crippen LogP contribution is -1.89. The van der Waals surface area contributed by atoms with Crippen molar-refractivity contribution in [2.24, 2.45) is 0 Å². The molecule has 1 aromatic rings. The van der Waals surface area contributed by atoms with Crippen molar-refractivity contribution < 1.29 is 0 Å². The van der Waals surface area contributed by atoms with Gasteiger partial charge in [0.1, 0.15) is 5.40 Å². The second-order valence-electron chi connectivity index (χ2n) is 2.65. The first-order chi connectivity index (χ1) is 7.28. The Hall–Kier alpha value is -1.97. The standard InChI is InChI=1S/C12H8N2S/c1-3-10-9(7-13)5-6-12(15-8-14)11(10)4-2/h3-6H,1-2H2. The Morgan fingerprint density at radius 1 is 1.13 bits per heavy atom. The number of nitrogens with zero attached hydrogens (tertiary/aromatic N) is 2. The molecule has 0 amide bonds. The number of rotatable bonds is 3. The minimum Gasteiger partial charge on any atom is -0.192 e. The van der Waals surface area contributed by atoms with Crippen LogP contribution in [-0.2, 0) is 0 Å². The Morgan fingerprint density at radius 2 is 1.80 bits per heavy atom. The number of thioether (sulfide) groups is 1. The normalized spacial score (nSPS) is 8.67. The molecule has 1 aromatic carbocycles. The summed E-state index contributed by atoms with van der Waals surface area (Å²) in [5.74, 6) is 0. The Labute approximate surface area is 93.2 Å². The Morgan fingerprint density at radius 3 is 2.27 bits per heavy atom. The van der Waals surface area contributed by atoms with E-state index in [0.29, 0.717) is 5.56 Å². The van der Waals surface area contributed by atoms with Crippen molar-refractivity contribution in [3.63, 3.8) is 0 Å². The first-order valence-corrected chi connectivity index (χ1v) is 4.98. The van der Waals surface area contributed by atoms with Crippen LogP contribution in [0, 0.1) is 22.0 Å². The summed E-state index contributed by atoms with van der Waals surface area (Å²) in [5, 5.41) is 19.5. The summed E-state index contributed by atoms with van der Waals surface area (Å²) in [6, 6.07) is 5.51. The number of hydrogen-bond donors (Lipinski definition) is 0. The third kappa shape index (κ3) is 2.10. The van der Waals surface area contributed by atoms with E-state index >= 15 is 0 Å². The second kappa shape index (κ2) is 5.05. The molecule has 0 bridgehead atoms. The summed E-state index contributed by atoms with van der Waals surface area (Å²) in [7, 11) is 0. The molecule has 0 radical (unpaired) electrons. The van der Waals surface area contributed by atoms with Crippen LogP contribution in [-0.4, -0.2) is 0 Å². The molecule has 0 aliphatic carbocycles. The molecule has 0 aliphatic rings. The van der Waals surface area contributed by atoms with Crippen LogP contribution in [0.4, 0.5) is 0 Å². The second-order valence-corrected chi connectivity index (χ2v) is 3.48. The highest BCUT2D eigenvalue weighted by atomic mass is 32.2. The largest absolute Gasteiger partial charge is 0.192 e. The van der Waals surface area contributed by atoms with Gasteiger partial charge in [-0.3, -0.25) is 0 Å². The molecule has 0 aromatic heterocycles. The van der Waals surface area contributed by atoms with Gasteiger partial charge in [0.05, 0.1) is 11.6 Å². The summed E-state index contributed by atoms with van der Waals surface area (Å²) < 4.78 is 0. The van der Waals surface area contributed by atoms with Crippen LogP contribution in [0.2, 0.25) is 0 Å². The highest BCUT2D eigenvalue weighted by Crippen LogP contribution is 2.28. The van der Waals surface area contributed by atoms with E-state index < -0.39 is 0 Å². The molecular formula is C12H8N2S. The number of nitriles is 2. The van der Waals surface area contributed by atoms with Gasteiger partial charge in [-0.1, -0.05) is 25.3 Å². The zero-order valence-corrected chi connectivity index (χ0v) is 8.84. The molecule has 72 valence electrons. The minimum atomic E-state index is 0.544. The van der Waals surface area contributed by atoms with Gasteiger partial charge in [-0.05, 0) is 35.0 Å². The fraction of sp³-hybridized carbons (Fsp3) is 0. The summed E-state index contributed by atoms with van der Waals surface area (Å²) in [4.78, 5) is 0.793. The summed E-state index contributed by atoms with van der Waals surface area (Å²) in [6.45, 7) is 7.34. The van der Waals surface area contributed by atoms with Gasteiger partial charge in [0.25, 0.3) is 0 Å². The highest BCUT2D eigenvalue weighted by Gasteiger charge is 2.08.